The van der Waals surface area contributed by atoms with E-state index in [1.165, 1.54) is 0 Å². The molecule has 1 N–H and O–H groups in total. The maximum absolute atomic E-state index is 12.5. The molecule has 0 fully saturated rings. The molecule has 21 heavy (non-hydrogen) atoms. The highest BCUT2D eigenvalue weighted by molar-refractivity contribution is 6.30. The van der Waals surface area contributed by atoms with Gasteiger partial charge in [-0.05, 0) is 37.5 Å². The van der Waals surface area contributed by atoms with E-state index in [1.54, 1.807) is 13.8 Å². The molecule has 1 aromatic carbocycles. The lowest BCUT2D eigenvalue weighted by Crippen LogP contribution is -2.32. The Kier molecular flexibility index (Phi) is 4.68. The van der Waals surface area contributed by atoms with Gasteiger partial charge in [0.25, 0.3) is 5.91 Å². The first-order valence-electron chi connectivity index (χ1n) is 6.89. The van der Waals surface area contributed by atoms with Gasteiger partial charge in [-0.1, -0.05) is 42.7 Å². The molecule has 0 radical (unpaired) electrons. The molecule has 2 rings (SSSR count). The second kappa shape index (κ2) is 6.31. The molecule has 1 aromatic heterocycles. The van der Waals surface area contributed by atoms with Crippen molar-refractivity contribution in [1.82, 2.24) is 10.5 Å². The zero-order chi connectivity index (χ0) is 15.6. The van der Waals surface area contributed by atoms with Crippen molar-refractivity contribution in [3.63, 3.8) is 0 Å². The molecule has 4 nitrogen and oxygen atoms in total. The normalized spacial score (nSPS) is 12.5. The van der Waals surface area contributed by atoms with E-state index < -0.39 is 0 Å². The summed E-state index contributed by atoms with van der Waals surface area (Å²) in [4.78, 5) is 12.5. The van der Waals surface area contributed by atoms with E-state index in [2.05, 4.69) is 24.3 Å². The van der Waals surface area contributed by atoms with E-state index in [-0.39, 0.29) is 17.9 Å². The van der Waals surface area contributed by atoms with Crippen molar-refractivity contribution in [2.24, 2.45) is 5.92 Å². The van der Waals surface area contributed by atoms with E-state index in [1.807, 2.05) is 24.3 Å². The summed E-state index contributed by atoms with van der Waals surface area (Å²) in [5.41, 5.74) is 2.13. The number of carbonyl (C=O) groups is 1. The van der Waals surface area contributed by atoms with Gasteiger partial charge in [-0.3, -0.25) is 4.79 Å². The van der Waals surface area contributed by atoms with Crippen LogP contribution in [0.4, 0.5) is 0 Å². The molecule has 0 saturated carbocycles. The Morgan fingerprint density at radius 2 is 1.86 bits per heavy atom. The van der Waals surface area contributed by atoms with Gasteiger partial charge in [0.1, 0.15) is 11.3 Å². The molecule has 0 bridgehead atoms. The highest BCUT2D eigenvalue weighted by Gasteiger charge is 2.23. The summed E-state index contributed by atoms with van der Waals surface area (Å²) >= 11 is 5.92. The third-order valence-corrected chi connectivity index (χ3v) is 3.69. The zero-order valence-electron chi connectivity index (χ0n) is 12.6. The molecule has 5 heteroatoms. The molecule has 0 aliphatic rings. The van der Waals surface area contributed by atoms with Crippen LogP contribution in [0.1, 0.15) is 47.3 Å². The molecule has 0 aliphatic heterocycles. The first kappa shape index (κ1) is 15.6. The lowest BCUT2D eigenvalue weighted by atomic mass is 9.95. The van der Waals surface area contributed by atoms with Gasteiger partial charge in [-0.15, -0.1) is 0 Å². The van der Waals surface area contributed by atoms with Gasteiger partial charge in [-0.25, -0.2) is 0 Å². The molecule has 2 aromatic rings. The van der Waals surface area contributed by atoms with E-state index >= 15 is 0 Å². The molecular weight excluding hydrogens is 288 g/mol. The maximum atomic E-state index is 12.5. The Morgan fingerprint density at radius 3 is 2.33 bits per heavy atom. The molecule has 0 saturated heterocycles. The number of aromatic nitrogens is 1. The van der Waals surface area contributed by atoms with Crippen LogP contribution in [0.25, 0.3) is 0 Å². The second-order valence-corrected chi connectivity index (χ2v) is 5.88. The summed E-state index contributed by atoms with van der Waals surface area (Å²) in [7, 11) is 0. The summed E-state index contributed by atoms with van der Waals surface area (Å²) in [5, 5.41) is 7.55. The number of rotatable bonds is 4. The molecule has 1 atom stereocenters. The standard InChI is InChI=1S/C16H19ClN2O2/c1-9(2)15(12-5-7-13(17)8-6-12)18-16(20)14-10(3)19-21-11(14)4/h5-9,15H,1-4H3,(H,18,20). The molecular formula is C16H19ClN2O2. The van der Waals surface area contributed by atoms with E-state index in [4.69, 9.17) is 16.1 Å². The number of halogens is 1. The monoisotopic (exact) mass is 306 g/mol. The van der Waals surface area contributed by atoms with E-state index in [0.29, 0.717) is 22.0 Å². The van der Waals surface area contributed by atoms with Crippen molar-refractivity contribution in [3.05, 3.63) is 51.9 Å². The van der Waals surface area contributed by atoms with Crippen LogP contribution in [0, 0.1) is 19.8 Å². The number of nitrogens with zero attached hydrogens (tertiary/aromatic N) is 1. The van der Waals surface area contributed by atoms with Crippen LogP contribution in [-0.4, -0.2) is 11.1 Å². The molecule has 0 aliphatic carbocycles. The van der Waals surface area contributed by atoms with Gasteiger partial charge < -0.3 is 9.84 Å². The minimum Gasteiger partial charge on any atom is -0.361 e. The van der Waals surface area contributed by atoms with Crippen LogP contribution in [0.5, 0.6) is 0 Å². The minimum absolute atomic E-state index is 0.0940. The number of amides is 1. The van der Waals surface area contributed by atoms with E-state index in [9.17, 15) is 4.79 Å². The van der Waals surface area contributed by atoms with Gasteiger partial charge in [0.2, 0.25) is 0 Å². The van der Waals surface area contributed by atoms with Crippen LogP contribution in [-0.2, 0) is 0 Å². The number of benzene rings is 1. The average molecular weight is 307 g/mol. The van der Waals surface area contributed by atoms with Crippen LogP contribution < -0.4 is 5.32 Å². The summed E-state index contributed by atoms with van der Waals surface area (Å²) < 4.78 is 5.05. The quantitative estimate of drug-likeness (QED) is 0.926. The third kappa shape index (κ3) is 3.45. The van der Waals surface area contributed by atoms with E-state index in [0.717, 1.165) is 5.56 Å². The maximum Gasteiger partial charge on any atom is 0.257 e. The Balaban J connectivity index is 2.25. The van der Waals surface area contributed by atoms with Crippen LogP contribution >= 0.6 is 11.6 Å². The molecule has 1 amide bonds. The average Bonchev–Trinajstić information content (AvgIpc) is 2.76. The van der Waals surface area contributed by atoms with Crippen LogP contribution in [0.3, 0.4) is 0 Å². The Labute approximate surface area is 129 Å². The summed E-state index contributed by atoms with van der Waals surface area (Å²) in [5.74, 6) is 0.610. The zero-order valence-corrected chi connectivity index (χ0v) is 13.4. The van der Waals surface area contributed by atoms with Gasteiger partial charge in [0, 0.05) is 5.02 Å². The summed E-state index contributed by atoms with van der Waals surface area (Å²) in [6, 6.07) is 7.42. The first-order chi connectivity index (χ1) is 9.90. The van der Waals surface area contributed by atoms with Crippen molar-refractivity contribution in [2.45, 2.75) is 33.7 Å². The van der Waals surface area contributed by atoms with Gasteiger partial charge in [-0.2, -0.15) is 0 Å². The Hall–Kier alpha value is -1.81. The number of aryl methyl sites for hydroxylation is 2. The highest BCUT2D eigenvalue weighted by Crippen LogP contribution is 2.24. The fraction of sp³-hybridized carbons (Fsp3) is 0.375. The second-order valence-electron chi connectivity index (χ2n) is 5.45. The molecule has 1 heterocycles. The lowest BCUT2D eigenvalue weighted by Gasteiger charge is -2.23. The summed E-state index contributed by atoms with van der Waals surface area (Å²) in [6.07, 6.45) is 0. The number of carbonyl (C=O) groups excluding carboxylic acids is 1. The van der Waals surface area contributed by atoms with Crippen LogP contribution in [0.15, 0.2) is 28.8 Å². The first-order valence-corrected chi connectivity index (χ1v) is 7.27. The highest BCUT2D eigenvalue weighted by atomic mass is 35.5. The summed E-state index contributed by atoms with van der Waals surface area (Å²) in [6.45, 7) is 7.62. The largest absolute Gasteiger partial charge is 0.361 e. The predicted molar refractivity (Wildman–Crippen MR) is 82.5 cm³/mol. The number of hydrogen-bond acceptors (Lipinski definition) is 3. The SMILES string of the molecule is Cc1noc(C)c1C(=O)NC(c1ccc(Cl)cc1)C(C)C. The molecule has 0 spiro atoms. The number of hydrogen-bond donors (Lipinski definition) is 1. The van der Waals surface area contributed by atoms with Gasteiger partial charge >= 0.3 is 0 Å². The predicted octanol–water partition coefficient (Wildman–Crippen LogP) is 4.07. The van der Waals surface area contributed by atoms with Crippen molar-refractivity contribution < 1.29 is 9.32 Å². The minimum atomic E-state index is -0.167. The van der Waals surface area contributed by atoms with Crippen LogP contribution in [0.2, 0.25) is 5.02 Å². The Bertz CT molecular complexity index is 613. The van der Waals surface area contributed by atoms with Gasteiger partial charge in [0.15, 0.2) is 0 Å². The van der Waals surface area contributed by atoms with Gasteiger partial charge in [0.05, 0.1) is 11.7 Å². The van der Waals surface area contributed by atoms with Crippen molar-refractivity contribution in [2.75, 3.05) is 0 Å². The number of nitrogens with one attached hydrogen (secondary N) is 1. The smallest absolute Gasteiger partial charge is 0.257 e. The fourth-order valence-electron chi connectivity index (χ4n) is 2.33. The van der Waals surface area contributed by atoms with Crippen molar-refractivity contribution in [1.29, 1.82) is 0 Å². The third-order valence-electron chi connectivity index (χ3n) is 3.44. The molecule has 1 unspecified atom stereocenters. The molecule has 112 valence electrons. The van der Waals surface area contributed by atoms with Crippen molar-refractivity contribution >= 4 is 17.5 Å². The lowest BCUT2D eigenvalue weighted by molar-refractivity contribution is 0.0923. The Morgan fingerprint density at radius 1 is 1.24 bits per heavy atom. The topological polar surface area (TPSA) is 55.1 Å². The fourth-order valence-corrected chi connectivity index (χ4v) is 2.45. The van der Waals surface area contributed by atoms with Crippen molar-refractivity contribution in [3.8, 4) is 0 Å².